The number of hydrogen-bond donors (Lipinski definition) is 3. The number of nitrogens with one attached hydrogen (secondary N) is 1. The third-order valence-electron chi connectivity index (χ3n) is 8.10. The minimum atomic E-state index is -0.842. The van der Waals surface area contributed by atoms with Crippen LogP contribution in [-0.4, -0.2) is 34.9 Å². The molecule has 0 saturated carbocycles. The summed E-state index contributed by atoms with van der Waals surface area (Å²) in [5.74, 6) is -0.0806. The molecule has 0 spiro atoms. The lowest BCUT2D eigenvalue weighted by molar-refractivity contribution is -0.123. The van der Waals surface area contributed by atoms with Gasteiger partial charge in [0.1, 0.15) is 0 Å². The molecular formula is C38H71NO3. The largest absolute Gasteiger partial charge is 0.394 e. The highest BCUT2D eigenvalue weighted by molar-refractivity contribution is 5.76. The van der Waals surface area contributed by atoms with E-state index in [-0.39, 0.29) is 12.5 Å². The van der Waals surface area contributed by atoms with Gasteiger partial charge >= 0.3 is 0 Å². The molecule has 4 nitrogen and oxygen atoms in total. The summed E-state index contributed by atoms with van der Waals surface area (Å²) in [6, 6.07) is -0.626. The van der Waals surface area contributed by atoms with Gasteiger partial charge in [-0.2, -0.15) is 0 Å². The number of carbonyl (C=O) groups excluding carboxylic acids is 1. The number of aliphatic hydroxyl groups excluding tert-OH is 2. The predicted molar refractivity (Wildman–Crippen MR) is 184 cm³/mol. The minimum Gasteiger partial charge on any atom is -0.394 e. The molecule has 0 fully saturated rings. The zero-order chi connectivity index (χ0) is 30.8. The Balaban J connectivity index is 3.64. The quantitative estimate of drug-likeness (QED) is 0.0540. The third-order valence-corrected chi connectivity index (χ3v) is 8.10. The average molecular weight is 590 g/mol. The number of unbranched alkanes of at least 4 members (excludes halogenated alkanes) is 21. The first-order valence-electron chi connectivity index (χ1n) is 18.2. The number of carbonyl (C=O) groups is 1. The Bertz CT molecular complexity index is 642. The second kappa shape index (κ2) is 34.1. The molecule has 0 radical (unpaired) electrons. The number of rotatable bonds is 32. The van der Waals surface area contributed by atoms with Crippen molar-refractivity contribution in [2.24, 2.45) is 0 Å². The van der Waals surface area contributed by atoms with Crippen molar-refractivity contribution >= 4 is 5.91 Å². The van der Waals surface area contributed by atoms with E-state index in [2.05, 4.69) is 43.5 Å². The van der Waals surface area contributed by atoms with E-state index in [4.69, 9.17) is 0 Å². The first kappa shape index (κ1) is 40.6. The van der Waals surface area contributed by atoms with Crippen LogP contribution in [0.5, 0.6) is 0 Å². The fourth-order valence-corrected chi connectivity index (χ4v) is 5.27. The van der Waals surface area contributed by atoms with Crippen molar-refractivity contribution in [1.82, 2.24) is 5.32 Å². The van der Waals surface area contributed by atoms with E-state index < -0.39 is 12.1 Å². The first-order valence-corrected chi connectivity index (χ1v) is 18.2. The minimum absolute atomic E-state index is 0.0806. The standard InChI is InChI=1S/C38H71NO3/c1-3-5-7-9-11-13-15-17-18-19-20-22-23-25-27-29-31-33-37(41)36(35-40)39-38(42)34-32-30-28-26-24-21-16-14-12-10-8-6-4-2/h8,10,14,16,31,33,36-37,40-41H,3-7,9,11-13,15,17-30,32,34-35H2,1-2H3,(H,39,42)/b10-8-,16-14-,33-31+. The van der Waals surface area contributed by atoms with Crippen molar-refractivity contribution in [3.05, 3.63) is 36.5 Å². The van der Waals surface area contributed by atoms with Gasteiger partial charge in [-0.15, -0.1) is 0 Å². The molecule has 0 aliphatic rings. The van der Waals surface area contributed by atoms with Gasteiger partial charge < -0.3 is 15.5 Å². The monoisotopic (exact) mass is 590 g/mol. The van der Waals surface area contributed by atoms with Crippen LogP contribution < -0.4 is 5.32 Å². The van der Waals surface area contributed by atoms with E-state index in [0.29, 0.717) is 6.42 Å². The van der Waals surface area contributed by atoms with Gasteiger partial charge in [0.2, 0.25) is 5.91 Å². The number of hydrogen-bond acceptors (Lipinski definition) is 3. The number of allylic oxidation sites excluding steroid dienone is 5. The molecule has 0 heterocycles. The molecular weight excluding hydrogens is 518 g/mol. The van der Waals surface area contributed by atoms with Gasteiger partial charge in [0.15, 0.2) is 0 Å². The Hall–Kier alpha value is -1.39. The van der Waals surface area contributed by atoms with E-state index in [1.54, 1.807) is 6.08 Å². The Labute approximate surface area is 261 Å². The molecule has 4 heteroatoms. The zero-order valence-corrected chi connectivity index (χ0v) is 28.0. The number of amides is 1. The molecule has 42 heavy (non-hydrogen) atoms. The highest BCUT2D eigenvalue weighted by atomic mass is 16.3. The molecule has 0 aliphatic heterocycles. The summed E-state index contributed by atoms with van der Waals surface area (Å²) in [6.07, 6.45) is 43.7. The Kier molecular flexibility index (Phi) is 33.0. The summed E-state index contributed by atoms with van der Waals surface area (Å²) in [6.45, 7) is 4.23. The highest BCUT2D eigenvalue weighted by Crippen LogP contribution is 2.14. The van der Waals surface area contributed by atoms with Gasteiger partial charge in [0, 0.05) is 6.42 Å². The summed E-state index contributed by atoms with van der Waals surface area (Å²) >= 11 is 0. The van der Waals surface area contributed by atoms with Crippen LogP contribution in [0.4, 0.5) is 0 Å². The molecule has 246 valence electrons. The van der Waals surface area contributed by atoms with Crippen molar-refractivity contribution in [1.29, 1.82) is 0 Å². The van der Waals surface area contributed by atoms with E-state index in [1.807, 2.05) is 6.08 Å². The molecule has 0 aromatic rings. The maximum atomic E-state index is 12.3. The molecule has 3 N–H and O–H groups in total. The van der Waals surface area contributed by atoms with Gasteiger partial charge in [0.05, 0.1) is 18.8 Å². The van der Waals surface area contributed by atoms with Crippen molar-refractivity contribution < 1.29 is 15.0 Å². The van der Waals surface area contributed by atoms with Gasteiger partial charge in [-0.1, -0.05) is 166 Å². The fraction of sp³-hybridized carbons (Fsp3) is 0.816. The average Bonchev–Trinajstić information content (AvgIpc) is 2.99. The molecule has 0 bridgehead atoms. The molecule has 2 atom stereocenters. The normalized spacial score (nSPS) is 13.5. The van der Waals surface area contributed by atoms with E-state index >= 15 is 0 Å². The highest BCUT2D eigenvalue weighted by Gasteiger charge is 2.17. The maximum absolute atomic E-state index is 12.3. The molecule has 1 amide bonds. The molecule has 0 aromatic heterocycles. The maximum Gasteiger partial charge on any atom is 0.220 e. The second-order valence-electron chi connectivity index (χ2n) is 12.3. The molecule has 0 aromatic carbocycles. The van der Waals surface area contributed by atoms with E-state index in [9.17, 15) is 15.0 Å². The van der Waals surface area contributed by atoms with Gasteiger partial charge in [0.25, 0.3) is 0 Å². The first-order chi connectivity index (χ1) is 20.7. The topological polar surface area (TPSA) is 69.6 Å². The van der Waals surface area contributed by atoms with E-state index in [0.717, 1.165) is 44.9 Å². The Morgan fingerprint density at radius 2 is 1.02 bits per heavy atom. The predicted octanol–water partition coefficient (Wildman–Crippen LogP) is 10.7. The van der Waals surface area contributed by atoms with Crippen LogP contribution in [-0.2, 0) is 4.79 Å². The van der Waals surface area contributed by atoms with Gasteiger partial charge in [-0.3, -0.25) is 4.79 Å². The Morgan fingerprint density at radius 3 is 1.52 bits per heavy atom. The van der Waals surface area contributed by atoms with Crippen LogP contribution in [0.25, 0.3) is 0 Å². The lowest BCUT2D eigenvalue weighted by atomic mass is 10.0. The second-order valence-corrected chi connectivity index (χ2v) is 12.3. The number of aliphatic hydroxyl groups is 2. The van der Waals surface area contributed by atoms with Crippen LogP contribution in [0.3, 0.4) is 0 Å². The van der Waals surface area contributed by atoms with Crippen molar-refractivity contribution in [3.63, 3.8) is 0 Å². The molecule has 0 aliphatic carbocycles. The van der Waals surface area contributed by atoms with Gasteiger partial charge in [-0.25, -0.2) is 0 Å². The Morgan fingerprint density at radius 1 is 0.571 bits per heavy atom. The van der Waals surface area contributed by atoms with Crippen LogP contribution in [0.15, 0.2) is 36.5 Å². The summed E-state index contributed by atoms with van der Waals surface area (Å²) < 4.78 is 0. The molecule has 0 rings (SSSR count). The van der Waals surface area contributed by atoms with Crippen molar-refractivity contribution in [2.45, 2.75) is 193 Å². The van der Waals surface area contributed by atoms with Crippen LogP contribution in [0.1, 0.15) is 181 Å². The van der Waals surface area contributed by atoms with Gasteiger partial charge in [-0.05, 0) is 44.9 Å². The molecule has 0 saturated heterocycles. The summed E-state index contributed by atoms with van der Waals surface area (Å²) in [5.41, 5.74) is 0. The summed E-state index contributed by atoms with van der Waals surface area (Å²) in [5, 5.41) is 22.9. The third kappa shape index (κ3) is 30.1. The lowest BCUT2D eigenvalue weighted by Crippen LogP contribution is -2.45. The lowest BCUT2D eigenvalue weighted by Gasteiger charge is -2.20. The zero-order valence-electron chi connectivity index (χ0n) is 28.0. The van der Waals surface area contributed by atoms with Crippen LogP contribution in [0.2, 0.25) is 0 Å². The SMILES string of the molecule is CCC/C=C\C/C=C\CCCCCCCC(=O)NC(CO)C(O)/C=C/CCCCCCCCCCCCCCCCC. The fourth-order valence-electron chi connectivity index (χ4n) is 5.27. The van der Waals surface area contributed by atoms with E-state index in [1.165, 1.54) is 116 Å². The van der Waals surface area contributed by atoms with Crippen LogP contribution in [0, 0.1) is 0 Å². The molecule has 2 unspecified atom stereocenters. The summed E-state index contributed by atoms with van der Waals surface area (Å²) in [4.78, 5) is 12.3. The van der Waals surface area contributed by atoms with Crippen LogP contribution >= 0.6 is 0 Å². The van der Waals surface area contributed by atoms with Crippen molar-refractivity contribution in [2.75, 3.05) is 6.61 Å². The summed E-state index contributed by atoms with van der Waals surface area (Å²) in [7, 11) is 0. The van der Waals surface area contributed by atoms with Crippen molar-refractivity contribution in [3.8, 4) is 0 Å². The smallest absolute Gasteiger partial charge is 0.220 e.